The smallest absolute Gasteiger partial charge is 0.331 e. The molecule has 16 rings (SSSR count). The maximum absolute atomic E-state index is 12.6. The average Bonchev–Trinajstić information content (AvgIpc) is 1.63. The lowest BCUT2D eigenvalue weighted by Gasteiger charge is -2.65. The molecule has 18 nitrogen and oxygen atoms in total. The van der Waals surface area contributed by atoms with Crippen molar-refractivity contribution in [2.75, 3.05) is 32.8 Å². The minimum atomic E-state index is -1.01. The fourth-order valence-electron chi connectivity index (χ4n) is 25.2. The molecule has 31 atom stereocenters. The van der Waals surface area contributed by atoms with Crippen LogP contribution < -0.4 is 0 Å². The number of cyclic esters (lactones) is 1. The number of piperidine rings is 4. The summed E-state index contributed by atoms with van der Waals surface area (Å²) in [7, 11) is 0. The number of hydrogen-bond acceptors (Lipinski definition) is 18. The minimum Gasteiger partial charge on any atom is -0.458 e. The molecule has 95 heavy (non-hydrogen) atoms. The number of aliphatic hydroxyl groups excluding tert-OH is 5. The van der Waals surface area contributed by atoms with Gasteiger partial charge in [0.05, 0.1) is 54.4 Å². The van der Waals surface area contributed by atoms with E-state index in [1.165, 1.54) is 96.0 Å². The van der Waals surface area contributed by atoms with E-state index in [-0.39, 0.29) is 71.9 Å². The van der Waals surface area contributed by atoms with Crippen LogP contribution in [0, 0.1) is 80.8 Å². The van der Waals surface area contributed by atoms with E-state index in [4.69, 9.17) is 33.2 Å². The van der Waals surface area contributed by atoms with Crippen molar-refractivity contribution >= 4 is 17.5 Å². The summed E-state index contributed by atoms with van der Waals surface area (Å²) < 4.78 is 42.1. The molecule has 8 aliphatic heterocycles. The van der Waals surface area contributed by atoms with Crippen LogP contribution in [0.25, 0.3) is 0 Å². The first-order chi connectivity index (χ1) is 45.3. The molecule has 8 heterocycles. The highest BCUT2D eigenvalue weighted by Crippen LogP contribution is 2.71. The molecular formula is C77H120N2O16. The SMILES string of the molecule is C1CCN2C[C@@H]3C[C@@H](CN4CCCC[C@@H]34)[C@H]2C1.CC(=O)[C@H]1CC[C@H]2[C@@H]3CCC4=CC(=O)CC[C@]4(C)[C@H]3CC[C@]12C.C[C@H]1O[C@@H](O[C@H]2[C@@H](O)C[C@H](O[C@H]3[C@@H](O)C[C@H](O[C@H]4CC[C@@]5(C)[C@H](CC[C@@H]6[C@@H]5C[C@@H](O)[C@]5(C)[C@@H](C7=CC(=O)OC7)CC[C@]65O)C4)O[C@@H]3C)O[C@@H]2C)C[C@H](O)[C@@H]1O. The second kappa shape index (κ2) is 27.2. The van der Waals surface area contributed by atoms with Crippen LogP contribution in [0.2, 0.25) is 0 Å². The van der Waals surface area contributed by atoms with Gasteiger partial charge in [-0.05, 0) is 250 Å². The minimum absolute atomic E-state index is 0.0452. The molecule has 18 heteroatoms. The number of nitrogens with zero attached hydrogens (tertiary/aromatic N) is 2. The van der Waals surface area contributed by atoms with Crippen LogP contribution in [0.15, 0.2) is 23.3 Å². The Kier molecular flexibility index (Phi) is 20.0. The maximum atomic E-state index is 12.6. The number of ketones is 2. The molecule has 534 valence electrons. The van der Waals surface area contributed by atoms with E-state index in [1.54, 1.807) is 33.3 Å². The Labute approximate surface area is 566 Å². The van der Waals surface area contributed by atoms with Crippen LogP contribution in [-0.2, 0) is 47.5 Å². The Bertz CT molecular complexity index is 2790. The van der Waals surface area contributed by atoms with Gasteiger partial charge in [0.15, 0.2) is 24.7 Å². The summed E-state index contributed by atoms with van der Waals surface area (Å²) in [4.78, 5) is 41.7. The zero-order valence-electron chi connectivity index (χ0n) is 58.7. The third-order valence-electron chi connectivity index (χ3n) is 30.4. The number of hydrogen-bond donors (Lipinski definition) is 6. The van der Waals surface area contributed by atoms with Gasteiger partial charge in [-0.1, -0.05) is 46.1 Å². The number of carbonyl (C=O) groups is 3. The third-order valence-corrected chi connectivity index (χ3v) is 30.4. The highest BCUT2D eigenvalue weighted by molar-refractivity contribution is 5.91. The zero-order valence-corrected chi connectivity index (χ0v) is 58.7. The van der Waals surface area contributed by atoms with Gasteiger partial charge in [-0.25, -0.2) is 4.79 Å². The topological polar surface area (TPSA) is 244 Å². The van der Waals surface area contributed by atoms with Crippen molar-refractivity contribution in [1.29, 1.82) is 0 Å². The van der Waals surface area contributed by atoms with Crippen LogP contribution in [0.3, 0.4) is 0 Å². The number of rotatable bonds is 8. The number of ether oxygens (including phenoxy) is 7. The van der Waals surface area contributed by atoms with Gasteiger partial charge in [0.1, 0.15) is 30.7 Å². The van der Waals surface area contributed by atoms with Crippen LogP contribution in [-0.4, -0.2) is 194 Å². The molecule has 0 aromatic heterocycles. The Hall–Kier alpha value is -2.27. The van der Waals surface area contributed by atoms with Gasteiger partial charge in [0.2, 0.25) is 0 Å². The van der Waals surface area contributed by atoms with Gasteiger partial charge in [0, 0.05) is 68.3 Å². The molecule has 16 aliphatic rings. The second-order valence-electron chi connectivity index (χ2n) is 34.9. The number of Topliss-reactive ketones (excluding diaryl/α,β-unsaturated/α-hetero) is 1. The van der Waals surface area contributed by atoms with E-state index in [0.29, 0.717) is 36.2 Å². The monoisotopic (exact) mass is 1330 g/mol. The van der Waals surface area contributed by atoms with E-state index in [1.807, 2.05) is 19.9 Å². The zero-order chi connectivity index (χ0) is 66.8. The van der Waals surface area contributed by atoms with E-state index in [0.717, 1.165) is 111 Å². The molecule has 8 aliphatic carbocycles. The molecule has 7 saturated heterocycles. The first-order valence-corrected chi connectivity index (χ1v) is 38.4. The lowest BCUT2D eigenvalue weighted by molar-refractivity contribution is -0.336. The number of aliphatic hydroxyl groups is 6. The second-order valence-corrected chi connectivity index (χ2v) is 34.9. The molecule has 14 fully saturated rings. The largest absolute Gasteiger partial charge is 0.458 e. The van der Waals surface area contributed by atoms with Gasteiger partial charge in [0.25, 0.3) is 0 Å². The molecule has 0 amide bonds. The summed E-state index contributed by atoms with van der Waals surface area (Å²) in [6.45, 7) is 22.2. The van der Waals surface area contributed by atoms with Crippen LogP contribution in [0.1, 0.15) is 222 Å². The molecule has 6 N–H and O–H groups in total. The lowest BCUT2D eigenvalue weighted by Crippen LogP contribution is -2.67. The van der Waals surface area contributed by atoms with Crippen molar-refractivity contribution in [2.24, 2.45) is 80.8 Å². The van der Waals surface area contributed by atoms with Gasteiger partial charge in [-0.2, -0.15) is 0 Å². The highest BCUT2D eigenvalue weighted by Gasteiger charge is 2.71. The fraction of sp³-hybridized carbons (Fsp3) is 0.909. The van der Waals surface area contributed by atoms with Crippen molar-refractivity contribution < 1.29 is 78.2 Å². The van der Waals surface area contributed by atoms with Gasteiger partial charge < -0.3 is 63.8 Å². The van der Waals surface area contributed by atoms with Crippen molar-refractivity contribution in [2.45, 2.75) is 326 Å². The molecule has 2 bridgehead atoms. The van der Waals surface area contributed by atoms with Gasteiger partial charge in [-0.3, -0.25) is 19.4 Å². The Balaban J connectivity index is 0.000000156. The Morgan fingerprint density at radius 3 is 1.80 bits per heavy atom. The lowest BCUT2D eigenvalue weighted by atomic mass is 9.42. The Morgan fingerprint density at radius 1 is 0.579 bits per heavy atom. The van der Waals surface area contributed by atoms with Crippen LogP contribution >= 0.6 is 0 Å². The standard InChI is InChI=1S/C41H64O14.C21H30O2.C15H26N2/c1-19-36(47)28(42)15-34(50-19)54-38-21(3)52-35(17-30(38)44)55-37-20(2)51-33(16-29(37)43)53-24-8-10-39(4)23(13-24)6-7-26-27(39)14-31(45)40(5)25(9-11-41(26,40)48)22-12-32(46)49-18-22;1-13(22)17-6-7-18-16-5-4-14-12-15(23)8-10-20(14,2)19(16)9-11-21(17,18)3;1-3-7-16-11-13-9-12(14(16)5-1)10-17-8-4-2-6-15(13)17/h12,19-21,23-31,33-38,42-45,47-48H,6-11,13-18H2,1-5H3;12,16-19H,4-11H2,1-3H3;12-15H,1-11H2/t19-,20-,21-,23-,24+,25-,26-,27+,28+,29+,30+,31-,33+,34+,35+,36-,37-,38-,39+,40+,41+;16-,17+,18-,19-,20-,21+;12-,13-,14-,15+/m100/s1. The summed E-state index contributed by atoms with van der Waals surface area (Å²) in [6.07, 6.45) is 19.9. The number of esters is 1. The Morgan fingerprint density at radius 2 is 1.19 bits per heavy atom. The molecule has 0 spiro atoms. The summed E-state index contributed by atoms with van der Waals surface area (Å²) in [5, 5.41) is 66.9. The first-order valence-electron chi connectivity index (χ1n) is 38.4. The molecular weight excluding hydrogens is 1210 g/mol. The van der Waals surface area contributed by atoms with Crippen LogP contribution in [0.5, 0.6) is 0 Å². The predicted molar refractivity (Wildman–Crippen MR) is 354 cm³/mol. The number of fused-ring (bicyclic) bond motifs is 16. The molecule has 7 saturated carbocycles. The van der Waals surface area contributed by atoms with Crippen molar-refractivity contribution in [1.82, 2.24) is 9.80 Å². The molecule has 0 aromatic rings. The van der Waals surface area contributed by atoms with Gasteiger partial charge in [-0.15, -0.1) is 0 Å². The van der Waals surface area contributed by atoms with E-state index < -0.39 is 90.9 Å². The molecule has 0 unspecified atom stereocenters. The number of carbonyl (C=O) groups excluding carboxylic acids is 3. The van der Waals surface area contributed by atoms with Crippen molar-refractivity contribution in [3.63, 3.8) is 0 Å². The van der Waals surface area contributed by atoms with Crippen LogP contribution in [0.4, 0.5) is 0 Å². The quantitative estimate of drug-likeness (QED) is 0.0979. The first kappa shape index (κ1) is 69.8. The van der Waals surface area contributed by atoms with E-state index >= 15 is 0 Å². The van der Waals surface area contributed by atoms with Crippen molar-refractivity contribution in [3.05, 3.63) is 23.3 Å². The summed E-state index contributed by atoms with van der Waals surface area (Å²) >= 11 is 0. The molecule has 0 radical (unpaired) electrons. The van der Waals surface area contributed by atoms with Gasteiger partial charge >= 0.3 is 5.97 Å². The summed E-state index contributed by atoms with van der Waals surface area (Å²) in [6, 6.07) is 1.92. The summed E-state index contributed by atoms with van der Waals surface area (Å²) in [5.41, 5.74) is 1.05. The van der Waals surface area contributed by atoms with E-state index in [2.05, 4.69) is 30.6 Å². The van der Waals surface area contributed by atoms with Crippen molar-refractivity contribution in [3.8, 4) is 0 Å². The normalized spacial score (nSPS) is 52.5. The third kappa shape index (κ3) is 12.5. The van der Waals surface area contributed by atoms with E-state index in [9.17, 15) is 45.0 Å². The summed E-state index contributed by atoms with van der Waals surface area (Å²) in [5.74, 6) is 5.53. The predicted octanol–water partition coefficient (Wildman–Crippen LogP) is 9.29. The highest BCUT2D eigenvalue weighted by atomic mass is 16.7. The maximum Gasteiger partial charge on any atom is 0.331 e. The fourth-order valence-corrected chi connectivity index (χ4v) is 25.2. The molecule has 0 aromatic carbocycles. The average molecular weight is 1330 g/mol. The number of allylic oxidation sites excluding steroid dienone is 1.